The van der Waals surface area contributed by atoms with Crippen LogP contribution >= 0.6 is 47.0 Å². The van der Waals surface area contributed by atoms with E-state index in [-0.39, 0.29) is 31.7 Å². The molecular weight excluding hydrogens is 385 g/mol. The Bertz CT molecular complexity index is 588. The summed E-state index contributed by atoms with van der Waals surface area (Å²) in [5.41, 5.74) is 10.3. The van der Waals surface area contributed by atoms with Crippen LogP contribution in [0.4, 0.5) is 5.69 Å². The SMILES string of the molecule is CCOCCCNC(=S)NNC(=O)c1nc(Cl)c(Cl)c(N)c1Cl. The van der Waals surface area contributed by atoms with Crippen LogP contribution in [0.25, 0.3) is 0 Å². The molecule has 1 heterocycles. The van der Waals surface area contributed by atoms with Crippen LogP contribution in [0.2, 0.25) is 15.2 Å². The highest BCUT2D eigenvalue weighted by molar-refractivity contribution is 7.80. The molecule has 0 aliphatic heterocycles. The van der Waals surface area contributed by atoms with Crippen molar-refractivity contribution in [3.8, 4) is 0 Å². The van der Waals surface area contributed by atoms with E-state index in [0.717, 1.165) is 6.42 Å². The summed E-state index contributed by atoms with van der Waals surface area (Å²) in [6.07, 6.45) is 0.778. The fourth-order valence-electron chi connectivity index (χ4n) is 1.42. The molecule has 23 heavy (non-hydrogen) atoms. The minimum Gasteiger partial charge on any atom is -0.396 e. The van der Waals surface area contributed by atoms with E-state index >= 15 is 0 Å². The summed E-state index contributed by atoms with van der Waals surface area (Å²) in [6.45, 7) is 3.81. The van der Waals surface area contributed by atoms with Gasteiger partial charge in [-0.2, -0.15) is 0 Å². The molecule has 0 saturated carbocycles. The normalized spacial score (nSPS) is 10.3. The van der Waals surface area contributed by atoms with Crippen LogP contribution in [0.5, 0.6) is 0 Å². The second-order valence-corrected chi connectivity index (χ2v) is 5.70. The van der Waals surface area contributed by atoms with E-state index in [1.54, 1.807) is 0 Å². The summed E-state index contributed by atoms with van der Waals surface area (Å²) in [5.74, 6) is -0.654. The molecule has 1 aromatic rings. The predicted octanol–water partition coefficient (Wildman–Crippen LogP) is 2.16. The number of anilines is 1. The summed E-state index contributed by atoms with van der Waals surface area (Å²) in [7, 11) is 0. The maximum Gasteiger partial charge on any atom is 0.289 e. The van der Waals surface area contributed by atoms with Gasteiger partial charge in [-0.15, -0.1) is 0 Å². The molecular formula is C12H16Cl3N5O2S. The molecule has 0 aliphatic carbocycles. The zero-order valence-electron chi connectivity index (χ0n) is 12.2. The quantitative estimate of drug-likeness (QED) is 0.251. The first kappa shape index (κ1) is 20.0. The second kappa shape index (κ2) is 9.94. The Labute approximate surface area is 154 Å². The van der Waals surface area contributed by atoms with Gasteiger partial charge in [-0.05, 0) is 25.6 Å². The Morgan fingerprint density at radius 3 is 2.65 bits per heavy atom. The van der Waals surface area contributed by atoms with Crippen molar-refractivity contribution >= 4 is 63.7 Å². The number of halogens is 3. The number of hydrazine groups is 1. The highest BCUT2D eigenvalue weighted by Gasteiger charge is 2.19. The molecule has 0 atom stereocenters. The van der Waals surface area contributed by atoms with Crippen molar-refractivity contribution in [3.05, 3.63) is 20.9 Å². The van der Waals surface area contributed by atoms with Crippen molar-refractivity contribution in [3.63, 3.8) is 0 Å². The number of pyridine rings is 1. The summed E-state index contributed by atoms with van der Waals surface area (Å²) >= 11 is 22.5. The fraction of sp³-hybridized carbons (Fsp3) is 0.417. The van der Waals surface area contributed by atoms with Crippen molar-refractivity contribution in [1.82, 2.24) is 21.2 Å². The number of hydrogen-bond acceptors (Lipinski definition) is 5. The van der Waals surface area contributed by atoms with E-state index in [1.807, 2.05) is 6.92 Å². The van der Waals surface area contributed by atoms with Crippen molar-refractivity contribution < 1.29 is 9.53 Å². The molecule has 0 aromatic carbocycles. The lowest BCUT2D eigenvalue weighted by Gasteiger charge is -2.13. The van der Waals surface area contributed by atoms with Crippen LogP contribution in [-0.2, 0) is 4.74 Å². The molecule has 128 valence electrons. The number of carbonyl (C=O) groups is 1. The van der Waals surface area contributed by atoms with E-state index in [4.69, 9.17) is 57.5 Å². The number of carbonyl (C=O) groups excluding carboxylic acids is 1. The van der Waals surface area contributed by atoms with Crippen molar-refractivity contribution in [1.29, 1.82) is 0 Å². The first-order valence-electron chi connectivity index (χ1n) is 6.60. The lowest BCUT2D eigenvalue weighted by molar-refractivity contribution is 0.0938. The van der Waals surface area contributed by atoms with Gasteiger partial charge in [0.25, 0.3) is 5.91 Å². The third kappa shape index (κ3) is 6.15. The third-order valence-corrected chi connectivity index (χ3v) is 3.91. The molecule has 1 aromatic heterocycles. The highest BCUT2D eigenvalue weighted by atomic mass is 35.5. The number of nitrogens with zero attached hydrogens (tertiary/aromatic N) is 1. The van der Waals surface area contributed by atoms with Gasteiger partial charge in [-0.25, -0.2) is 4.98 Å². The molecule has 0 bridgehead atoms. The lowest BCUT2D eigenvalue weighted by atomic mass is 10.3. The molecule has 0 radical (unpaired) electrons. The number of hydrogen-bond donors (Lipinski definition) is 4. The molecule has 1 amide bonds. The Morgan fingerprint density at radius 2 is 2.00 bits per heavy atom. The first-order chi connectivity index (χ1) is 10.9. The van der Waals surface area contributed by atoms with Gasteiger partial charge in [-0.3, -0.25) is 15.6 Å². The summed E-state index contributed by atoms with van der Waals surface area (Å²) in [5, 5.41) is 2.92. The summed E-state index contributed by atoms with van der Waals surface area (Å²) < 4.78 is 5.19. The van der Waals surface area contributed by atoms with Crippen LogP contribution in [0.1, 0.15) is 23.8 Å². The van der Waals surface area contributed by atoms with Crippen molar-refractivity contribution in [2.75, 3.05) is 25.5 Å². The van der Waals surface area contributed by atoms with E-state index in [2.05, 4.69) is 21.2 Å². The maximum absolute atomic E-state index is 12.0. The zero-order chi connectivity index (χ0) is 17.4. The number of nitrogen functional groups attached to an aromatic ring is 1. The van der Waals surface area contributed by atoms with Gasteiger partial charge in [-0.1, -0.05) is 34.8 Å². The largest absolute Gasteiger partial charge is 0.396 e. The predicted molar refractivity (Wildman–Crippen MR) is 96.0 cm³/mol. The van der Waals surface area contributed by atoms with E-state index < -0.39 is 5.91 Å². The molecule has 11 heteroatoms. The molecule has 1 rings (SSSR count). The number of aromatic nitrogens is 1. The number of rotatable bonds is 6. The lowest BCUT2D eigenvalue weighted by Crippen LogP contribution is -2.47. The Morgan fingerprint density at radius 1 is 1.30 bits per heavy atom. The van der Waals surface area contributed by atoms with E-state index in [1.165, 1.54) is 0 Å². The third-order valence-electron chi connectivity index (χ3n) is 2.53. The van der Waals surface area contributed by atoms with Crippen LogP contribution in [0.3, 0.4) is 0 Å². The molecule has 0 saturated heterocycles. The summed E-state index contributed by atoms with van der Waals surface area (Å²) in [4.78, 5) is 15.8. The monoisotopic (exact) mass is 399 g/mol. The number of amides is 1. The van der Waals surface area contributed by atoms with Crippen LogP contribution in [-0.4, -0.2) is 35.8 Å². The Kier molecular flexibility index (Phi) is 8.64. The van der Waals surface area contributed by atoms with Gasteiger partial charge in [0, 0.05) is 19.8 Å². The van der Waals surface area contributed by atoms with Crippen molar-refractivity contribution in [2.45, 2.75) is 13.3 Å². The molecule has 7 nitrogen and oxygen atoms in total. The minimum atomic E-state index is -0.654. The standard InChI is InChI=1S/C12H16Cl3N5O2S/c1-2-22-5-3-4-17-12(23)20-19-11(21)9-6(13)8(16)7(14)10(15)18-9/h2-5H2,1H3,(H2,16,18)(H,19,21)(H2,17,20,23). The molecule has 0 fully saturated rings. The van der Waals surface area contributed by atoms with Gasteiger partial charge < -0.3 is 15.8 Å². The number of nitrogens with two attached hydrogens (primary N) is 1. The first-order valence-corrected chi connectivity index (χ1v) is 8.14. The van der Waals surface area contributed by atoms with Crippen molar-refractivity contribution in [2.24, 2.45) is 0 Å². The number of ether oxygens (including phenoxy) is 1. The number of thiocarbonyl (C=S) groups is 1. The van der Waals surface area contributed by atoms with Gasteiger partial charge in [0.1, 0.15) is 5.02 Å². The molecule has 5 N–H and O–H groups in total. The minimum absolute atomic E-state index is 0.00679. The molecule has 0 spiro atoms. The number of nitrogens with one attached hydrogen (secondary N) is 3. The van der Waals surface area contributed by atoms with E-state index in [0.29, 0.717) is 19.8 Å². The van der Waals surface area contributed by atoms with Gasteiger partial charge in [0.2, 0.25) is 0 Å². The Hall–Kier alpha value is -1.06. The average molecular weight is 401 g/mol. The maximum atomic E-state index is 12.0. The smallest absolute Gasteiger partial charge is 0.289 e. The van der Waals surface area contributed by atoms with Crippen LogP contribution in [0, 0.1) is 0 Å². The zero-order valence-corrected chi connectivity index (χ0v) is 15.3. The highest BCUT2D eigenvalue weighted by Crippen LogP contribution is 2.34. The van der Waals surface area contributed by atoms with Gasteiger partial charge in [0.15, 0.2) is 16.0 Å². The van der Waals surface area contributed by atoms with Crippen LogP contribution < -0.4 is 21.9 Å². The summed E-state index contributed by atoms with van der Waals surface area (Å²) in [6, 6.07) is 0. The topological polar surface area (TPSA) is 101 Å². The van der Waals surface area contributed by atoms with E-state index in [9.17, 15) is 4.79 Å². The van der Waals surface area contributed by atoms with Gasteiger partial charge in [0.05, 0.1) is 10.7 Å². The average Bonchev–Trinajstić information content (AvgIpc) is 2.53. The fourth-order valence-corrected chi connectivity index (χ4v) is 2.17. The van der Waals surface area contributed by atoms with Crippen LogP contribution in [0.15, 0.2) is 0 Å². The second-order valence-electron chi connectivity index (χ2n) is 4.18. The molecule has 0 unspecified atom stereocenters. The van der Waals surface area contributed by atoms with Gasteiger partial charge >= 0.3 is 0 Å². The molecule has 0 aliphatic rings. The Balaban J connectivity index is 2.50.